The van der Waals surface area contributed by atoms with E-state index in [9.17, 15) is 0 Å². The van der Waals surface area contributed by atoms with E-state index >= 15 is 0 Å². The number of hydrogen-bond acceptors (Lipinski definition) is 4. The number of pyridine rings is 1. The fourth-order valence-corrected chi connectivity index (χ4v) is 5.07. The van der Waals surface area contributed by atoms with Crippen molar-refractivity contribution in [2.24, 2.45) is 0 Å². The summed E-state index contributed by atoms with van der Waals surface area (Å²) in [5.41, 5.74) is 7.39. The first-order valence-corrected chi connectivity index (χ1v) is 13.2. The van der Waals surface area contributed by atoms with Gasteiger partial charge in [-0.25, -0.2) is 15.0 Å². The van der Waals surface area contributed by atoms with Gasteiger partial charge in [-0.05, 0) is 33.5 Å². The van der Waals surface area contributed by atoms with Crippen molar-refractivity contribution in [3.63, 3.8) is 0 Å². The van der Waals surface area contributed by atoms with Crippen LogP contribution >= 0.6 is 0 Å². The van der Waals surface area contributed by atoms with E-state index in [4.69, 9.17) is 15.0 Å². The monoisotopic (exact) mass is 512 g/mol. The lowest BCUT2D eigenvalue weighted by atomic mass is 9.90. The molecule has 0 aliphatic rings. The second-order valence-corrected chi connectivity index (χ2v) is 9.57. The molecule has 4 nitrogen and oxygen atoms in total. The van der Waals surface area contributed by atoms with Gasteiger partial charge in [0, 0.05) is 34.6 Å². The Balaban J connectivity index is 1.35. The molecule has 7 aromatic rings. The van der Waals surface area contributed by atoms with Gasteiger partial charge < -0.3 is 0 Å². The Kier molecular flexibility index (Phi) is 6.11. The molecular weight excluding hydrogens is 488 g/mol. The molecule has 0 N–H and O–H groups in total. The summed E-state index contributed by atoms with van der Waals surface area (Å²) in [6.07, 6.45) is 3.74. The van der Waals surface area contributed by atoms with Crippen LogP contribution in [-0.2, 0) is 0 Å². The summed E-state index contributed by atoms with van der Waals surface area (Å²) >= 11 is 0. The molecule has 2 heterocycles. The number of hydrogen-bond donors (Lipinski definition) is 0. The second kappa shape index (κ2) is 10.4. The zero-order chi connectivity index (χ0) is 26.7. The van der Waals surface area contributed by atoms with Gasteiger partial charge in [-0.3, -0.25) is 4.98 Å². The van der Waals surface area contributed by atoms with Crippen LogP contribution in [0.3, 0.4) is 0 Å². The Labute approximate surface area is 232 Å². The van der Waals surface area contributed by atoms with Crippen LogP contribution in [0.5, 0.6) is 0 Å². The van der Waals surface area contributed by atoms with Crippen LogP contribution in [0.1, 0.15) is 0 Å². The lowest BCUT2D eigenvalue weighted by Crippen LogP contribution is -2.00. The lowest BCUT2D eigenvalue weighted by Gasteiger charge is -2.14. The number of nitrogens with zero attached hydrogens (tertiary/aromatic N) is 4. The summed E-state index contributed by atoms with van der Waals surface area (Å²) in [7, 11) is 0. The average molecular weight is 513 g/mol. The van der Waals surface area contributed by atoms with Crippen molar-refractivity contribution < 1.29 is 0 Å². The van der Waals surface area contributed by atoms with Gasteiger partial charge in [-0.15, -0.1) is 0 Å². The standard InChI is InChI=1S/C36H24N4/c1-3-11-27(12-4-1)34-38-35(28-13-5-2-6-14-28)40-36(39-34)29-19-17-26(18-20-29)32-22-21-25-10-7-8-16-31(25)33(32)30-15-9-23-37-24-30/h1-24H. The molecule has 0 aliphatic heterocycles. The number of rotatable bonds is 5. The van der Waals surface area contributed by atoms with Gasteiger partial charge in [0.25, 0.3) is 0 Å². The third kappa shape index (κ3) is 4.52. The van der Waals surface area contributed by atoms with E-state index in [1.165, 1.54) is 16.3 Å². The van der Waals surface area contributed by atoms with Crippen molar-refractivity contribution in [1.29, 1.82) is 0 Å². The van der Waals surface area contributed by atoms with Crippen molar-refractivity contribution in [2.45, 2.75) is 0 Å². The highest BCUT2D eigenvalue weighted by atomic mass is 15.0. The van der Waals surface area contributed by atoms with Crippen LogP contribution in [-0.4, -0.2) is 19.9 Å². The SMILES string of the molecule is c1ccc(-c2nc(-c3ccccc3)nc(-c3ccc(-c4ccc5ccccc5c4-c4cccnc4)cc3)n2)cc1. The minimum atomic E-state index is 0.644. The van der Waals surface area contributed by atoms with Gasteiger partial charge in [0.15, 0.2) is 17.5 Å². The maximum atomic E-state index is 4.88. The van der Waals surface area contributed by atoms with Crippen LogP contribution in [0.15, 0.2) is 146 Å². The van der Waals surface area contributed by atoms with Gasteiger partial charge in [-0.2, -0.15) is 0 Å². The number of benzene rings is 5. The van der Waals surface area contributed by atoms with Gasteiger partial charge in [0.2, 0.25) is 0 Å². The molecule has 0 saturated heterocycles. The van der Waals surface area contributed by atoms with Gasteiger partial charge in [0.1, 0.15) is 0 Å². The Morgan fingerprint density at radius 3 is 1.50 bits per heavy atom. The highest BCUT2D eigenvalue weighted by Gasteiger charge is 2.15. The Morgan fingerprint density at radius 2 is 0.900 bits per heavy atom. The maximum absolute atomic E-state index is 4.88. The van der Waals surface area contributed by atoms with E-state index in [2.05, 4.69) is 71.7 Å². The predicted molar refractivity (Wildman–Crippen MR) is 162 cm³/mol. The first-order chi connectivity index (χ1) is 19.8. The molecular formula is C36H24N4. The van der Waals surface area contributed by atoms with Crippen LogP contribution in [0.2, 0.25) is 0 Å². The zero-order valence-corrected chi connectivity index (χ0v) is 21.6. The Hall–Kier alpha value is -5.48. The van der Waals surface area contributed by atoms with Crippen molar-refractivity contribution in [2.75, 3.05) is 0 Å². The molecule has 0 aliphatic carbocycles. The minimum Gasteiger partial charge on any atom is -0.264 e. The largest absolute Gasteiger partial charge is 0.264 e. The molecule has 0 saturated carbocycles. The minimum absolute atomic E-state index is 0.644. The number of aromatic nitrogens is 4. The van der Waals surface area contributed by atoms with E-state index in [0.29, 0.717) is 17.5 Å². The van der Waals surface area contributed by atoms with E-state index in [1.807, 2.05) is 79.1 Å². The number of fused-ring (bicyclic) bond motifs is 1. The summed E-state index contributed by atoms with van der Waals surface area (Å²) < 4.78 is 0. The smallest absolute Gasteiger partial charge is 0.164 e. The molecule has 0 spiro atoms. The molecule has 0 fully saturated rings. The van der Waals surface area contributed by atoms with Crippen LogP contribution in [0.25, 0.3) is 67.2 Å². The molecule has 4 heteroatoms. The van der Waals surface area contributed by atoms with E-state index in [1.54, 1.807) is 0 Å². The highest BCUT2D eigenvalue weighted by molar-refractivity contribution is 6.04. The maximum Gasteiger partial charge on any atom is 0.164 e. The Morgan fingerprint density at radius 1 is 0.375 bits per heavy atom. The van der Waals surface area contributed by atoms with Crippen LogP contribution in [0.4, 0.5) is 0 Å². The Bertz CT molecular complexity index is 1860. The van der Waals surface area contributed by atoms with Gasteiger partial charge in [-0.1, -0.05) is 127 Å². The first kappa shape index (κ1) is 23.6. The molecule has 0 atom stereocenters. The highest BCUT2D eigenvalue weighted by Crippen LogP contribution is 2.38. The van der Waals surface area contributed by atoms with Crippen LogP contribution in [0, 0.1) is 0 Å². The fourth-order valence-electron chi connectivity index (χ4n) is 5.07. The first-order valence-electron chi connectivity index (χ1n) is 13.2. The predicted octanol–water partition coefficient (Wildman–Crippen LogP) is 8.75. The van der Waals surface area contributed by atoms with Crippen molar-refractivity contribution in [3.05, 3.63) is 146 Å². The van der Waals surface area contributed by atoms with E-state index < -0.39 is 0 Å². The van der Waals surface area contributed by atoms with Gasteiger partial charge >= 0.3 is 0 Å². The molecule has 0 radical (unpaired) electrons. The van der Waals surface area contributed by atoms with E-state index in [0.717, 1.165) is 33.4 Å². The summed E-state index contributed by atoms with van der Waals surface area (Å²) in [5.74, 6) is 1.95. The summed E-state index contributed by atoms with van der Waals surface area (Å²) in [5, 5.41) is 2.41. The summed E-state index contributed by atoms with van der Waals surface area (Å²) in [6, 6.07) is 45.5. The molecule has 40 heavy (non-hydrogen) atoms. The molecule has 0 unspecified atom stereocenters. The molecule has 7 rings (SSSR count). The zero-order valence-electron chi connectivity index (χ0n) is 21.6. The molecule has 188 valence electrons. The van der Waals surface area contributed by atoms with Gasteiger partial charge in [0.05, 0.1) is 0 Å². The molecule has 5 aromatic carbocycles. The molecule has 0 bridgehead atoms. The van der Waals surface area contributed by atoms with Crippen molar-refractivity contribution in [1.82, 2.24) is 19.9 Å². The summed E-state index contributed by atoms with van der Waals surface area (Å²) in [6.45, 7) is 0. The lowest BCUT2D eigenvalue weighted by molar-refractivity contribution is 1.07. The third-order valence-electron chi connectivity index (χ3n) is 7.03. The molecule has 0 amide bonds. The average Bonchev–Trinajstić information content (AvgIpc) is 3.05. The third-order valence-corrected chi connectivity index (χ3v) is 7.03. The second-order valence-electron chi connectivity index (χ2n) is 9.57. The molecule has 2 aromatic heterocycles. The normalized spacial score (nSPS) is 11.0. The van der Waals surface area contributed by atoms with E-state index in [-0.39, 0.29) is 0 Å². The van der Waals surface area contributed by atoms with Crippen molar-refractivity contribution in [3.8, 4) is 56.4 Å². The summed E-state index contributed by atoms with van der Waals surface area (Å²) in [4.78, 5) is 19.0. The fraction of sp³-hybridized carbons (Fsp3) is 0. The van der Waals surface area contributed by atoms with Crippen molar-refractivity contribution >= 4 is 10.8 Å². The topological polar surface area (TPSA) is 51.6 Å². The van der Waals surface area contributed by atoms with Crippen LogP contribution < -0.4 is 0 Å². The quantitative estimate of drug-likeness (QED) is 0.231.